The Morgan fingerprint density at radius 3 is 2.90 bits per heavy atom. The molecule has 2 rings (SSSR count). The normalized spacial score (nSPS) is 18.5. The van der Waals surface area contributed by atoms with Crippen molar-refractivity contribution in [2.45, 2.75) is 32.2 Å². The highest BCUT2D eigenvalue weighted by molar-refractivity contribution is 9.10. The fourth-order valence-corrected chi connectivity index (χ4v) is 2.93. The zero-order valence-electron chi connectivity index (χ0n) is 11.8. The zero-order valence-corrected chi connectivity index (χ0v) is 14.2. The van der Waals surface area contributed by atoms with Gasteiger partial charge in [0.15, 0.2) is 0 Å². The van der Waals surface area contributed by atoms with E-state index in [4.69, 9.17) is 0 Å². The molecule has 0 saturated carbocycles. The topological polar surface area (TPSA) is 32.3 Å². The second-order valence-electron chi connectivity index (χ2n) is 5.14. The molecule has 1 aromatic rings. The lowest BCUT2D eigenvalue weighted by Crippen LogP contribution is -2.51. The van der Waals surface area contributed by atoms with Gasteiger partial charge in [0.05, 0.1) is 0 Å². The zero-order chi connectivity index (χ0) is 13.7. The van der Waals surface area contributed by atoms with Crippen molar-refractivity contribution >= 4 is 34.2 Å². The van der Waals surface area contributed by atoms with Crippen molar-refractivity contribution in [3.8, 4) is 0 Å². The van der Waals surface area contributed by atoms with Crippen molar-refractivity contribution in [3.05, 3.63) is 34.3 Å². The van der Waals surface area contributed by atoms with Crippen LogP contribution < -0.4 is 5.32 Å². The molecule has 5 heteroatoms. The van der Waals surface area contributed by atoms with Crippen LogP contribution in [0.3, 0.4) is 0 Å². The average molecular weight is 362 g/mol. The molecule has 0 radical (unpaired) electrons. The molecule has 1 fully saturated rings. The number of carbonyl (C=O) groups excluding carboxylic acids is 1. The average Bonchev–Trinajstić information content (AvgIpc) is 2.41. The highest BCUT2D eigenvalue weighted by Crippen LogP contribution is 2.18. The van der Waals surface area contributed by atoms with Crippen LogP contribution in [-0.4, -0.2) is 36.5 Å². The van der Waals surface area contributed by atoms with Crippen LogP contribution in [0.15, 0.2) is 28.7 Å². The minimum Gasteiger partial charge on any atom is -0.340 e. The lowest BCUT2D eigenvalue weighted by atomic mass is 10.1. The van der Waals surface area contributed by atoms with E-state index in [1.54, 1.807) is 0 Å². The summed E-state index contributed by atoms with van der Waals surface area (Å²) in [6.45, 7) is 4.73. The number of rotatable bonds is 4. The SMILES string of the molecule is C[C@@H]1CN(C(=O)CCCc2ccccc2Br)CCN1.Cl. The van der Waals surface area contributed by atoms with Crippen LogP contribution in [0.4, 0.5) is 0 Å². The Balaban J connectivity index is 0.00000200. The Kier molecular flexibility index (Phi) is 7.56. The number of benzene rings is 1. The first-order valence-electron chi connectivity index (χ1n) is 6.91. The van der Waals surface area contributed by atoms with Gasteiger partial charge in [-0.3, -0.25) is 4.79 Å². The van der Waals surface area contributed by atoms with Gasteiger partial charge in [0.1, 0.15) is 0 Å². The summed E-state index contributed by atoms with van der Waals surface area (Å²) in [6.07, 6.45) is 2.52. The van der Waals surface area contributed by atoms with E-state index in [0.717, 1.165) is 36.9 Å². The highest BCUT2D eigenvalue weighted by Gasteiger charge is 2.19. The van der Waals surface area contributed by atoms with Crippen molar-refractivity contribution in [3.63, 3.8) is 0 Å². The first-order chi connectivity index (χ1) is 9.16. The predicted molar refractivity (Wildman–Crippen MR) is 88.4 cm³/mol. The Morgan fingerprint density at radius 2 is 2.20 bits per heavy atom. The number of nitrogens with zero attached hydrogens (tertiary/aromatic N) is 1. The largest absolute Gasteiger partial charge is 0.340 e. The van der Waals surface area contributed by atoms with Crippen molar-refractivity contribution < 1.29 is 4.79 Å². The van der Waals surface area contributed by atoms with Crippen LogP contribution >= 0.6 is 28.3 Å². The summed E-state index contributed by atoms with van der Waals surface area (Å²) in [5.74, 6) is 0.292. The van der Waals surface area contributed by atoms with Crippen molar-refractivity contribution in [1.82, 2.24) is 10.2 Å². The van der Waals surface area contributed by atoms with E-state index in [-0.39, 0.29) is 12.4 Å². The van der Waals surface area contributed by atoms with E-state index in [1.807, 2.05) is 17.0 Å². The minimum atomic E-state index is 0. The van der Waals surface area contributed by atoms with E-state index in [9.17, 15) is 4.79 Å². The van der Waals surface area contributed by atoms with Crippen LogP contribution in [-0.2, 0) is 11.2 Å². The Morgan fingerprint density at radius 1 is 1.45 bits per heavy atom. The minimum absolute atomic E-state index is 0. The molecule has 1 saturated heterocycles. The van der Waals surface area contributed by atoms with Gasteiger partial charge >= 0.3 is 0 Å². The fraction of sp³-hybridized carbons (Fsp3) is 0.533. The molecule has 0 unspecified atom stereocenters. The summed E-state index contributed by atoms with van der Waals surface area (Å²) < 4.78 is 1.14. The molecule has 0 spiro atoms. The Labute approximate surface area is 135 Å². The van der Waals surface area contributed by atoms with Gasteiger partial charge in [0.25, 0.3) is 0 Å². The third-order valence-corrected chi connectivity index (χ3v) is 4.29. The number of hydrogen-bond donors (Lipinski definition) is 1. The second-order valence-corrected chi connectivity index (χ2v) is 5.99. The highest BCUT2D eigenvalue weighted by atomic mass is 79.9. The number of halogens is 2. The van der Waals surface area contributed by atoms with Crippen molar-refractivity contribution in [2.24, 2.45) is 0 Å². The van der Waals surface area contributed by atoms with Crippen molar-refractivity contribution in [2.75, 3.05) is 19.6 Å². The van der Waals surface area contributed by atoms with Crippen LogP contribution in [0, 0.1) is 0 Å². The number of hydrogen-bond acceptors (Lipinski definition) is 2. The van der Waals surface area contributed by atoms with E-state index < -0.39 is 0 Å². The molecule has 112 valence electrons. The van der Waals surface area contributed by atoms with Crippen LogP contribution in [0.5, 0.6) is 0 Å². The molecule has 1 aromatic carbocycles. The van der Waals surface area contributed by atoms with E-state index in [2.05, 4.69) is 40.3 Å². The quantitative estimate of drug-likeness (QED) is 0.894. The van der Waals surface area contributed by atoms with E-state index in [0.29, 0.717) is 18.4 Å². The van der Waals surface area contributed by atoms with E-state index in [1.165, 1.54) is 5.56 Å². The maximum Gasteiger partial charge on any atom is 0.222 e. The van der Waals surface area contributed by atoms with Gasteiger partial charge < -0.3 is 10.2 Å². The summed E-state index contributed by atoms with van der Waals surface area (Å²) >= 11 is 3.54. The second kappa shape index (κ2) is 8.65. The maximum atomic E-state index is 12.1. The molecule has 3 nitrogen and oxygen atoms in total. The molecule has 1 N–H and O–H groups in total. The third kappa shape index (κ3) is 5.08. The van der Waals surface area contributed by atoms with Gasteiger partial charge in [-0.15, -0.1) is 12.4 Å². The summed E-state index contributed by atoms with van der Waals surface area (Å²) in [5, 5.41) is 3.36. The monoisotopic (exact) mass is 360 g/mol. The Bertz CT molecular complexity index is 442. The number of amides is 1. The molecule has 1 atom stereocenters. The molecule has 1 aliphatic heterocycles. The predicted octanol–water partition coefficient (Wildman–Crippen LogP) is 3.01. The van der Waals surface area contributed by atoms with Gasteiger partial charge in [-0.2, -0.15) is 0 Å². The fourth-order valence-electron chi connectivity index (χ4n) is 2.45. The lowest BCUT2D eigenvalue weighted by Gasteiger charge is -2.32. The van der Waals surface area contributed by atoms with Crippen molar-refractivity contribution in [1.29, 1.82) is 0 Å². The van der Waals surface area contributed by atoms with Crippen LogP contribution in [0.25, 0.3) is 0 Å². The molecule has 1 amide bonds. The first-order valence-corrected chi connectivity index (χ1v) is 7.70. The summed E-state index contributed by atoms with van der Waals surface area (Å²) in [5.41, 5.74) is 1.28. The molecular weight excluding hydrogens is 340 g/mol. The molecule has 0 aromatic heterocycles. The summed E-state index contributed by atoms with van der Waals surface area (Å²) in [7, 11) is 0. The molecule has 0 bridgehead atoms. The standard InChI is InChI=1S/C15H21BrN2O.ClH/c1-12-11-18(10-9-17-12)15(19)8-4-6-13-5-2-3-7-14(13)16;/h2-3,5,7,12,17H,4,6,8-11H2,1H3;1H/t12-;/m1./s1. The number of aryl methyl sites for hydroxylation is 1. The van der Waals surface area contributed by atoms with Gasteiger partial charge in [-0.25, -0.2) is 0 Å². The lowest BCUT2D eigenvalue weighted by molar-refractivity contribution is -0.132. The number of carbonyl (C=O) groups is 1. The van der Waals surface area contributed by atoms with Crippen LogP contribution in [0.2, 0.25) is 0 Å². The smallest absolute Gasteiger partial charge is 0.222 e. The Hall–Kier alpha value is -0.580. The van der Waals surface area contributed by atoms with Crippen LogP contribution in [0.1, 0.15) is 25.3 Å². The first kappa shape index (κ1) is 17.5. The van der Waals surface area contributed by atoms with E-state index >= 15 is 0 Å². The molecule has 1 heterocycles. The molecule has 1 aliphatic rings. The summed E-state index contributed by atoms with van der Waals surface area (Å²) in [6, 6.07) is 8.64. The number of nitrogens with one attached hydrogen (secondary N) is 1. The third-order valence-electron chi connectivity index (χ3n) is 3.52. The van der Waals surface area contributed by atoms with Gasteiger partial charge in [-0.1, -0.05) is 34.1 Å². The number of piperazine rings is 1. The molecule has 20 heavy (non-hydrogen) atoms. The van der Waals surface area contributed by atoms with Gasteiger partial charge in [-0.05, 0) is 31.4 Å². The van der Waals surface area contributed by atoms with Gasteiger partial charge in [0, 0.05) is 36.6 Å². The summed E-state index contributed by atoms with van der Waals surface area (Å²) in [4.78, 5) is 14.1. The maximum absolute atomic E-state index is 12.1. The van der Waals surface area contributed by atoms with Gasteiger partial charge in [0.2, 0.25) is 5.91 Å². The molecular formula is C15H22BrClN2O. The molecule has 0 aliphatic carbocycles.